The van der Waals surface area contributed by atoms with Gasteiger partial charge in [-0.15, -0.1) is 0 Å². The number of hydrogen-bond acceptors (Lipinski definition) is 5. The zero-order valence-corrected chi connectivity index (χ0v) is 7.88. The first kappa shape index (κ1) is 9.91. The van der Waals surface area contributed by atoms with Crippen molar-refractivity contribution in [3.05, 3.63) is 0 Å². The Bertz CT molecular complexity index is 239. The minimum absolute atomic E-state index is 0.265. The van der Waals surface area contributed by atoms with Crippen molar-refractivity contribution in [3.63, 3.8) is 0 Å². The minimum Gasteiger partial charge on any atom is -0.269 e. The van der Waals surface area contributed by atoms with Crippen LogP contribution in [0, 0.1) is 0 Å². The summed E-state index contributed by atoms with van der Waals surface area (Å²) in [5.41, 5.74) is 0. The Balaban J connectivity index is 2.43. The molecule has 0 amide bonds. The van der Waals surface area contributed by atoms with Crippen LogP contribution in [-0.4, -0.2) is 38.9 Å². The molecule has 0 unspecified atom stereocenters. The van der Waals surface area contributed by atoms with Crippen molar-refractivity contribution in [2.75, 3.05) is 19.3 Å². The van der Waals surface area contributed by atoms with Crippen molar-refractivity contribution < 1.29 is 12.6 Å². The van der Waals surface area contributed by atoms with Gasteiger partial charge in [0.15, 0.2) is 0 Å². The van der Waals surface area contributed by atoms with Gasteiger partial charge in [0, 0.05) is 13.1 Å². The van der Waals surface area contributed by atoms with Crippen LogP contribution in [0.1, 0.15) is 12.8 Å². The van der Waals surface area contributed by atoms with E-state index >= 15 is 0 Å². The number of hydrogen-bond donors (Lipinski definition) is 1. The highest BCUT2D eigenvalue weighted by molar-refractivity contribution is 7.86. The fourth-order valence-electron chi connectivity index (χ4n) is 1.29. The van der Waals surface area contributed by atoms with Crippen LogP contribution in [0.3, 0.4) is 0 Å². The van der Waals surface area contributed by atoms with Crippen molar-refractivity contribution in [1.29, 1.82) is 0 Å². The lowest BCUT2D eigenvalue weighted by Crippen LogP contribution is -2.44. The first-order valence-electron chi connectivity index (χ1n) is 3.85. The first-order chi connectivity index (χ1) is 5.47. The van der Waals surface area contributed by atoms with Crippen molar-refractivity contribution in [1.82, 2.24) is 5.01 Å². The van der Waals surface area contributed by atoms with E-state index < -0.39 is 10.1 Å². The van der Waals surface area contributed by atoms with Gasteiger partial charge in [-0.2, -0.15) is 8.42 Å². The van der Waals surface area contributed by atoms with Gasteiger partial charge in [-0.3, -0.25) is 10.0 Å². The lowest BCUT2D eigenvalue weighted by Gasteiger charge is -2.27. The van der Waals surface area contributed by atoms with Crippen LogP contribution in [0.4, 0.5) is 0 Å². The van der Waals surface area contributed by atoms with E-state index in [4.69, 9.17) is 10.0 Å². The molecule has 1 aliphatic heterocycles. The Morgan fingerprint density at radius 2 is 2.25 bits per heavy atom. The molecule has 0 saturated carbocycles. The third-order valence-corrected chi connectivity index (χ3v) is 2.34. The molecule has 0 radical (unpaired) electrons. The van der Waals surface area contributed by atoms with Crippen LogP contribution in [-0.2, 0) is 14.3 Å². The zero-order valence-electron chi connectivity index (χ0n) is 7.06. The summed E-state index contributed by atoms with van der Waals surface area (Å²) in [4.78, 5) is 0. The lowest BCUT2D eigenvalue weighted by molar-refractivity contribution is 0.0949. The van der Waals surface area contributed by atoms with Gasteiger partial charge in [0.2, 0.25) is 0 Å². The fourth-order valence-corrected chi connectivity index (χ4v) is 1.94. The quantitative estimate of drug-likeness (QED) is 0.465. The molecule has 5 nitrogen and oxygen atoms in total. The minimum atomic E-state index is -3.33. The van der Waals surface area contributed by atoms with E-state index in [1.807, 2.05) is 0 Å². The van der Waals surface area contributed by atoms with Crippen molar-refractivity contribution in [2.45, 2.75) is 18.9 Å². The van der Waals surface area contributed by atoms with E-state index in [-0.39, 0.29) is 6.10 Å². The fraction of sp³-hybridized carbons (Fsp3) is 1.00. The number of nitrogens with two attached hydrogens (primary N) is 1. The van der Waals surface area contributed by atoms with Gasteiger partial charge in [-0.25, -0.2) is 5.01 Å². The van der Waals surface area contributed by atoms with Gasteiger partial charge < -0.3 is 0 Å². The Morgan fingerprint density at radius 3 is 2.75 bits per heavy atom. The monoisotopic (exact) mass is 194 g/mol. The maximum absolute atomic E-state index is 10.7. The molecule has 1 saturated heterocycles. The van der Waals surface area contributed by atoms with Gasteiger partial charge in [0.05, 0.1) is 12.4 Å². The Hall–Kier alpha value is -0.170. The molecule has 2 N–H and O–H groups in total. The number of rotatable bonds is 2. The van der Waals surface area contributed by atoms with Crippen molar-refractivity contribution in [2.24, 2.45) is 5.84 Å². The molecule has 6 heteroatoms. The average Bonchev–Trinajstić information content (AvgIpc) is 1.82. The second-order valence-corrected chi connectivity index (χ2v) is 4.66. The first-order valence-corrected chi connectivity index (χ1v) is 5.67. The zero-order chi connectivity index (χ0) is 9.19. The molecule has 1 heterocycles. The Kier molecular flexibility index (Phi) is 3.05. The molecule has 0 aromatic rings. The van der Waals surface area contributed by atoms with E-state index in [2.05, 4.69) is 0 Å². The van der Waals surface area contributed by atoms with Crippen LogP contribution >= 0.6 is 0 Å². The summed E-state index contributed by atoms with van der Waals surface area (Å²) < 4.78 is 26.2. The molecule has 72 valence electrons. The van der Waals surface area contributed by atoms with Gasteiger partial charge in [-0.05, 0) is 12.8 Å². The normalized spacial score (nSPS) is 27.3. The molecule has 1 rings (SSSR count). The molecule has 1 atom stereocenters. The summed E-state index contributed by atoms with van der Waals surface area (Å²) in [7, 11) is -3.33. The van der Waals surface area contributed by atoms with E-state index in [0.29, 0.717) is 6.54 Å². The molecule has 1 aliphatic rings. The van der Waals surface area contributed by atoms with Gasteiger partial charge in [0.25, 0.3) is 10.1 Å². The van der Waals surface area contributed by atoms with Crippen molar-refractivity contribution >= 4 is 10.1 Å². The topological polar surface area (TPSA) is 72.6 Å². The van der Waals surface area contributed by atoms with E-state index in [1.165, 1.54) is 0 Å². The smallest absolute Gasteiger partial charge is 0.264 e. The van der Waals surface area contributed by atoms with Crippen LogP contribution in [0.15, 0.2) is 0 Å². The number of hydrazine groups is 1. The Labute approximate surface area is 72.6 Å². The maximum atomic E-state index is 10.7. The third-order valence-electron chi connectivity index (χ3n) is 1.72. The molecular formula is C6H14N2O3S. The summed E-state index contributed by atoms with van der Waals surface area (Å²) in [6.45, 7) is 1.30. The van der Waals surface area contributed by atoms with Crippen LogP contribution in [0.5, 0.6) is 0 Å². The largest absolute Gasteiger partial charge is 0.269 e. The molecule has 1 fully saturated rings. The highest BCUT2D eigenvalue weighted by atomic mass is 32.2. The standard InChI is InChI=1S/C6H14N2O3S/c1-12(9,10)11-6-3-2-4-8(7)5-6/h6H,2-5,7H2,1H3/t6-/m0/s1. The summed E-state index contributed by atoms with van der Waals surface area (Å²) in [5.74, 6) is 5.50. The van der Waals surface area contributed by atoms with Gasteiger partial charge >= 0.3 is 0 Å². The van der Waals surface area contributed by atoms with Crippen LogP contribution in [0.25, 0.3) is 0 Å². The maximum Gasteiger partial charge on any atom is 0.264 e. The molecule has 0 aliphatic carbocycles. The highest BCUT2D eigenvalue weighted by Gasteiger charge is 2.21. The predicted molar refractivity (Wildman–Crippen MR) is 44.7 cm³/mol. The summed E-state index contributed by atoms with van der Waals surface area (Å²) in [6, 6.07) is 0. The third kappa shape index (κ3) is 3.48. The van der Waals surface area contributed by atoms with E-state index in [1.54, 1.807) is 5.01 Å². The van der Waals surface area contributed by atoms with E-state index in [9.17, 15) is 8.42 Å². The number of nitrogens with zero attached hydrogens (tertiary/aromatic N) is 1. The summed E-state index contributed by atoms with van der Waals surface area (Å²) >= 11 is 0. The van der Waals surface area contributed by atoms with Gasteiger partial charge in [-0.1, -0.05) is 0 Å². The van der Waals surface area contributed by atoms with Gasteiger partial charge in [0.1, 0.15) is 0 Å². The second kappa shape index (κ2) is 3.69. The summed E-state index contributed by atoms with van der Waals surface area (Å²) in [6.07, 6.45) is 2.44. The lowest BCUT2D eigenvalue weighted by atomic mass is 10.1. The molecule has 0 bridgehead atoms. The molecule has 0 spiro atoms. The highest BCUT2D eigenvalue weighted by Crippen LogP contribution is 2.11. The molecule has 0 aromatic heterocycles. The van der Waals surface area contributed by atoms with Crippen molar-refractivity contribution in [3.8, 4) is 0 Å². The molecule has 12 heavy (non-hydrogen) atoms. The predicted octanol–water partition coefficient (Wildman–Crippen LogP) is -0.699. The molecule has 0 aromatic carbocycles. The second-order valence-electron chi connectivity index (χ2n) is 3.06. The van der Waals surface area contributed by atoms with Crippen LogP contribution < -0.4 is 5.84 Å². The van der Waals surface area contributed by atoms with Crippen LogP contribution in [0.2, 0.25) is 0 Å². The average molecular weight is 194 g/mol. The number of piperidine rings is 1. The SMILES string of the molecule is CS(=O)(=O)O[C@H]1CCCN(N)C1. The summed E-state index contributed by atoms with van der Waals surface area (Å²) in [5, 5.41) is 1.58. The Morgan fingerprint density at radius 1 is 1.58 bits per heavy atom. The van der Waals surface area contributed by atoms with E-state index in [0.717, 1.165) is 25.6 Å². The molecular weight excluding hydrogens is 180 g/mol.